The predicted octanol–water partition coefficient (Wildman–Crippen LogP) is 3.82. The average molecular weight is 349 g/mol. The highest BCUT2D eigenvalue weighted by Gasteiger charge is 2.13. The van der Waals surface area contributed by atoms with Gasteiger partial charge in [-0.15, -0.1) is 11.8 Å². The number of anilines is 1. The van der Waals surface area contributed by atoms with E-state index in [-0.39, 0.29) is 17.8 Å². The number of hydrogen-bond donors (Lipinski definition) is 1. The number of benzene rings is 1. The number of amides is 1. The maximum atomic E-state index is 12.1. The van der Waals surface area contributed by atoms with Gasteiger partial charge in [0.15, 0.2) is 12.4 Å². The summed E-state index contributed by atoms with van der Waals surface area (Å²) in [6.07, 6.45) is 2.28. The van der Waals surface area contributed by atoms with Gasteiger partial charge in [0.1, 0.15) is 5.75 Å². The van der Waals surface area contributed by atoms with Crippen LogP contribution in [0.1, 0.15) is 38.4 Å². The summed E-state index contributed by atoms with van der Waals surface area (Å²) in [4.78, 5) is 16.2. The molecule has 1 aromatic heterocycles. The van der Waals surface area contributed by atoms with Crippen LogP contribution in [0.15, 0.2) is 28.8 Å². The van der Waals surface area contributed by atoms with Crippen LogP contribution in [0.5, 0.6) is 5.75 Å². The topological polar surface area (TPSA) is 77.2 Å². The molecule has 1 heterocycles. The number of hydrogen-bond acceptors (Lipinski definition) is 6. The van der Waals surface area contributed by atoms with Crippen molar-refractivity contribution in [1.82, 2.24) is 10.1 Å². The summed E-state index contributed by atoms with van der Waals surface area (Å²) in [5.41, 5.74) is 0.754. The van der Waals surface area contributed by atoms with E-state index >= 15 is 0 Å². The highest BCUT2D eigenvalue weighted by atomic mass is 32.2. The first kappa shape index (κ1) is 18.3. The number of aromatic nitrogens is 2. The lowest BCUT2D eigenvalue weighted by Gasteiger charge is -2.12. The van der Waals surface area contributed by atoms with Gasteiger partial charge in [0.25, 0.3) is 5.89 Å². The van der Waals surface area contributed by atoms with Crippen LogP contribution in [-0.2, 0) is 11.4 Å². The van der Waals surface area contributed by atoms with Gasteiger partial charge in [0.2, 0.25) is 5.91 Å². The second kappa shape index (κ2) is 9.32. The molecule has 0 fully saturated rings. The Morgan fingerprint density at radius 3 is 2.75 bits per heavy atom. The minimum absolute atomic E-state index is 0.0195. The lowest BCUT2D eigenvalue weighted by atomic mass is 10.3. The fourth-order valence-electron chi connectivity index (χ4n) is 1.90. The van der Waals surface area contributed by atoms with Crippen molar-refractivity contribution in [3.8, 4) is 5.75 Å². The quantitative estimate of drug-likeness (QED) is 0.694. The largest absolute Gasteiger partial charge is 0.484 e. The van der Waals surface area contributed by atoms with E-state index in [0.717, 1.165) is 24.3 Å². The smallest absolute Gasteiger partial charge is 0.264 e. The highest BCUT2D eigenvalue weighted by Crippen LogP contribution is 2.19. The van der Waals surface area contributed by atoms with E-state index in [0.29, 0.717) is 17.5 Å². The first-order chi connectivity index (χ1) is 11.6. The van der Waals surface area contributed by atoms with E-state index in [9.17, 15) is 4.79 Å². The number of thioether (sulfide) groups is 1. The maximum Gasteiger partial charge on any atom is 0.264 e. The Hall–Kier alpha value is -2.02. The molecule has 0 aliphatic rings. The molecule has 0 bridgehead atoms. The van der Waals surface area contributed by atoms with E-state index < -0.39 is 0 Å². The van der Waals surface area contributed by atoms with E-state index in [1.54, 1.807) is 30.8 Å². The number of nitrogens with zero attached hydrogens (tertiary/aromatic N) is 2. The van der Waals surface area contributed by atoms with Gasteiger partial charge in [-0.3, -0.25) is 4.79 Å². The van der Waals surface area contributed by atoms with Gasteiger partial charge in [0.05, 0.1) is 5.25 Å². The molecule has 2 rings (SSSR count). The molecule has 24 heavy (non-hydrogen) atoms. The van der Waals surface area contributed by atoms with Crippen LogP contribution in [-0.4, -0.2) is 27.1 Å². The molecule has 0 aliphatic heterocycles. The lowest BCUT2D eigenvalue weighted by Crippen LogP contribution is -2.22. The van der Waals surface area contributed by atoms with Crippen LogP contribution in [0.3, 0.4) is 0 Å². The van der Waals surface area contributed by atoms with Crippen LogP contribution < -0.4 is 10.1 Å². The summed E-state index contributed by atoms with van der Waals surface area (Å²) >= 11 is 1.68. The summed E-state index contributed by atoms with van der Waals surface area (Å²) in [5, 5.41) is 6.56. The number of unbranched alkanes of at least 4 members (excludes halogenated alkanes) is 1. The molecule has 2 aromatic rings. The fourth-order valence-corrected chi connectivity index (χ4v) is 2.92. The minimum atomic E-state index is -0.0618. The van der Waals surface area contributed by atoms with E-state index in [2.05, 4.69) is 22.4 Å². The van der Waals surface area contributed by atoms with Gasteiger partial charge < -0.3 is 14.6 Å². The first-order valence-electron chi connectivity index (χ1n) is 8.03. The molecule has 1 aromatic carbocycles. The van der Waals surface area contributed by atoms with Gasteiger partial charge in [-0.05, 0) is 50.3 Å². The van der Waals surface area contributed by atoms with Crippen LogP contribution >= 0.6 is 11.8 Å². The van der Waals surface area contributed by atoms with Crippen molar-refractivity contribution in [2.45, 2.75) is 45.5 Å². The third-order valence-corrected chi connectivity index (χ3v) is 4.53. The SMILES string of the molecule is CCCCS[C@H](C)C(=O)Nc1ccc(OCc2nc(C)no2)cc1. The van der Waals surface area contributed by atoms with E-state index in [1.165, 1.54) is 0 Å². The molecule has 0 saturated carbocycles. The first-order valence-corrected chi connectivity index (χ1v) is 9.08. The standard InChI is InChI=1S/C17H23N3O3S/c1-4-5-10-24-12(2)17(21)19-14-6-8-15(9-7-14)22-11-16-18-13(3)20-23-16/h6-9,12H,4-5,10-11H2,1-3H3,(H,19,21)/t12-/m1/s1. The Morgan fingerprint density at radius 1 is 1.38 bits per heavy atom. The second-order valence-electron chi connectivity index (χ2n) is 5.40. The highest BCUT2D eigenvalue weighted by molar-refractivity contribution is 8.00. The zero-order chi connectivity index (χ0) is 17.4. The van der Waals surface area contributed by atoms with Crippen LogP contribution in [0, 0.1) is 6.92 Å². The third kappa shape index (κ3) is 5.88. The molecule has 0 spiro atoms. The second-order valence-corrected chi connectivity index (χ2v) is 6.85. The van der Waals surface area contributed by atoms with Crippen molar-refractivity contribution in [1.29, 1.82) is 0 Å². The van der Waals surface area contributed by atoms with Gasteiger partial charge >= 0.3 is 0 Å². The van der Waals surface area contributed by atoms with Crippen LogP contribution in [0.2, 0.25) is 0 Å². The molecule has 1 N–H and O–H groups in total. The number of rotatable bonds is 9. The molecule has 1 atom stereocenters. The van der Waals surface area contributed by atoms with Crippen LogP contribution in [0.4, 0.5) is 5.69 Å². The molecule has 1 amide bonds. The molecule has 0 saturated heterocycles. The van der Waals surface area contributed by atoms with Crippen molar-refractivity contribution in [2.75, 3.05) is 11.1 Å². The summed E-state index contributed by atoms with van der Waals surface area (Å²) in [7, 11) is 0. The average Bonchev–Trinajstić information content (AvgIpc) is 2.99. The molecule has 130 valence electrons. The normalized spacial score (nSPS) is 12.0. The summed E-state index contributed by atoms with van der Waals surface area (Å²) < 4.78 is 10.5. The number of aryl methyl sites for hydroxylation is 1. The van der Waals surface area contributed by atoms with Crippen LogP contribution in [0.25, 0.3) is 0 Å². The summed E-state index contributed by atoms with van der Waals surface area (Å²) in [5.74, 6) is 2.72. The number of ether oxygens (including phenoxy) is 1. The third-order valence-electron chi connectivity index (χ3n) is 3.29. The lowest BCUT2D eigenvalue weighted by molar-refractivity contribution is -0.115. The number of nitrogens with one attached hydrogen (secondary N) is 1. The zero-order valence-corrected chi connectivity index (χ0v) is 15.1. The maximum absolute atomic E-state index is 12.1. The van der Waals surface area contributed by atoms with Crippen molar-refractivity contribution in [2.24, 2.45) is 0 Å². The monoisotopic (exact) mass is 349 g/mol. The number of carbonyl (C=O) groups is 1. The van der Waals surface area contributed by atoms with Crippen molar-refractivity contribution >= 4 is 23.4 Å². The van der Waals surface area contributed by atoms with Crippen molar-refractivity contribution in [3.63, 3.8) is 0 Å². The Kier molecular flexibility index (Phi) is 7.11. The fraction of sp³-hybridized carbons (Fsp3) is 0.471. The van der Waals surface area contributed by atoms with E-state index in [1.807, 2.05) is 19.1 Å². The van der Waals surface area contributed by atoms with Gasteiger partial charge in [-0.2, -0.15) is 4.98 Å². The molecular weight excluding hydrogens is 326 g/mol. The van der Waals surface area contributed by atoms with Gasteiger partial charge in [-0.25, -0.2) is 0 Å². The van der Waals surface area contributed by atoms with E-state index in [4.69, 9.17) is 9.26 Å². The molecular formula is C17H23N3O3S. The molecule has 7 heteroatoms. The Bertz CT molecular complexity index is 643. The van der Waals surface area contributed by atoms with Crippen molar-refractivity contribution in [3.05, 3.63) is 36.0 Å². The van der Waals surface area contributed by atoms with Crippen molar-refractivity contribution < 1.29 is 14.1 Å². The Morgan fingerprint density at radius 2 is 2.12 bits per heavy atom. The number of carbonyl (C=O) groups excluding carboxylic acids is 1. The molecule has 6 nitrogen and oxygen atoms in total. The molecule has 0 aliphatic carbocycles. The molecule has 0 unspecified atom stereocenters. The Labute approximate surface area is 146 Å². The Balaban J connectivity index is 1.79. The minimum Gasteiger partial charge on any atom is -0.484 e. The summed E-state index contributed by atoms with van der Waals surface area (Å²) in [6.45, 7) is 6.05. The summed E-state index contributed by atoms with van der Waals surface area (Å²) in [6, 6.07) is 7.23. The van der Waals surface area contributed by atoms with Gasteiger partial charge in [-0.1, -0.05) is 18.5 Å². The zero-order valence-electron chi connectivity index (χ0n) is 14.2. The predicted molar refractivity (Wildman–Crippen MR) is 95.3 cm³/mol. The van der Waals surface area contributed by atoms with Gasteiger partial charge in [0, 0.05) is 5.69 Å². The molecule has 0 radical (unpaired) electrons.